The van der Waals surface area contributed by atoms with E-state index in [0.717, 1.165) is 12.0 Å². The smallest absolute Gasteiger partial charge is 0.269 e. The number of benzene rings is 2. The van der Waals surface area contributed by atoms with Gasteiger partial charge in [0.1, 0.15) is 0 Å². The summed E-state index contributed by atoms with van der Waals surface area (Å²) >= 11 is 0. The molecule has 0 radical (unpaired) electrons. The van der Waals surface area contributed by atoms with Crippen molar-refractivity contribution in [3.63, 3.8) is 0 Å². The molecule has 116 valence electrons. The molecule has 0 aromatic heterocycles. The van der Waals surface area contributed by atoms with Crippen LogP contribution in [0.1, 0.15) is 35.1 Å². The lowest BCUT2D eigenvalue weighted by atomic mass is 9.77. The predicted molar refractivity (Wildman–Crippen MR) is 90.6 cm³/mol. The summed E-state index contributed by atoms with van der Waals surface area (Å²) in [6, 6.07) is 13.7. The van der Waals surface area contributed by atoms with Gasteiger partial charge in [0, 0.05) is 23.7 Å². The second-order valence-corrected chi connectivity index (χ2v) is 6.41. The van der Waals surface area contributed by atoms with E-state index in [1.807, 2.05) is 12.1 Å². The summed E-state index contributed by atoms with van der Waals surface area (Å²) in [6.07, 6.45) is 5.59. The topological polar surface area (TPSA) is 55.2 Å². The molecule has 3 atom stereocenters. The highest BCUT2D eigenvalue weighted by molar-refractivity contribution is 5.61. The van der Waals surface area contributed by atoms with Crippen molar-refractivity contribution in [3.05, 3.63) is 81.4 Å². The number of hydrogen-bond acceptors (Lipinski definition) is 3. The van der Waals surface area contributed by atoms with Crippen molar-refractivity contribution in [2.24, 2.45) is 5.92 Å². The summed E-state index contributed by atoms with van der Waals surface area (Å²) in [7, 11) is 0. The molecule has 0 saturated carbocycles. The average molecular weight is 306 g/mol. The lowest BCUT2D eigenvalue weighted by Crippen LogP contribution is -2.29. The third-order valence-corrected chi connectivity index (χ3v) is 4.98. The number of nitro benzene ring substituents is 1. The molecule has 0 spiro atoms. The van der Waals surface area contributed by atoms with Crippen LogP contribution in [0.2, 0.25) is 0 Å². The van der Waals surface area contributed by atoms with Crippen molar-refractivity contribution in [1.82, 2.24) is 0 Å². The zero-order chi connectivity index (χ0) is 16.0. The number of non-ortho nitro benzene ring substituents is 1. The molecule has 2 aromatic carbocycles. The summed E-state index contributed by atoms with van der Waals surface area (Å²) in [5, 5.41) is 14.5. The molecule has 4 heteroatoms. The van der Waals surface area contributed by atoms with E-state index in [-0.39, 0.29) is 16.7 Å². The Hall–Kier alpha value is -2.62. The summed E-state index contributed by atoms with van der Waals surface area (Å²) in [6.45, 7) is 2.10. The number of allylic oxidation sites excluding steroid dienone is 2. The van der Waals surface area contributed by atoms with E-state index in [9.17, 15) is 10.1 Å². The van der Waals surface area contributed by atoms with Gasteiger partial charge in [-0.15, -0.1) is 0 Å². The van der Waals surface area contributed by atoms with Crippen LogP contribution in [0.4, 0.5) is 11.4 Å². The first-order valence-electron chi connectivity index (χ1n) is 7.91. The number of hydrogen-bond donors (Lipinski definition) is 1. The van der Waals surface area contributed by atoms with Gasteiger partial charge in [-0.1, -0.05) is 36.4 Å². The first-order chi connectivity index (χ1) is 11.1. The van der Waals surface area contributed by atoms with Crippen molar-refractivity contribution >= 4 is 11.4 Å². The Labute approximate surface area is 135 Å². The number of nitro groups is 1. The van der Waals surface area contributed by atoms with Crippen LogP contribution in [0.3, 0.4) is 0 Å². The van der Waals surface area contributed by atoms with E-state index in [1.165, 1.54) is 16.8 Å². The minimum Gasteiger partial charge on any atom is -0.378 e. The van der Waals surface area contributed by atoms with Gasteiger partial charge in [-0.3, -0.25) is 10.1 Å². The Morgan fingerprint density at radius 1 is 1.17 bits per heavy atom. The van der Waals surface area contributed by atoms with Crippen molar-refractivity contribution in [2.75, 3.05) is 5.32 Å². The Morgan fingerprint density at radius 2 is 1.96 bits per heavy atom. The van der Waals surface area contributed by atoms with E-state index >= 15 is 0 Å². The monoisotopic (exact) mass is 306 g/mol. The molecular weight excluding hydrogens is 288 g/mol. The normalized spacial score (nSPS) is 24.7. The van der Waals surface area contributed by atoms with Gasteiger partial charge >= 0.3 is 0 Å². The van der Waals surface area contributed by atoms with Gasteiger partial charge in [-0.05, 0) is 42.0 Å². The van der Waals surface area contributed by atoms with Gasteiger partial charge in [-0.25, -0.2) is 0 Å². The summed E-state index contributed by atoms with van der Waals surface area (Å²) < 4.78 is 0. The quantitative estimate of drug-likeness (QED) is 0.496. The van der Waals surface area contributed by atoms with Crippen molar-refractivity contribution in [1.29, 1.82) is 0 Å². The van der Waals surface area contributed by atoms with Gasteiger partial charge in [0.15, 0.2) is 0 Å². The van der Waals surface area contributed by atoms with Crippen LogP contribution in [-0.2, 0) is 0 Å². The third kappa shape index (κ3) is 2.31. The second-order valence-electron chi connectivity index (χ2n) is 6.41. The minimum atomic E-state index is -0.351. The highest BCUT2D eigenvalue weighted by Crippen LogP contribution is 2.49. The minimum absolute atomic E-state index is 0.141. The number of fused-ring (bicyclic) bond motifs is 3. The SMILES string of the molecule is Cc1ccc2c(c1)N[C@H](c1ccc([N+](=O)[O-])cc1)[C@@H]1CC=C[C@H]21. The van der Waals surface area contributed by atoms with Gasteiger partial charge in [0.25, 0.3) is 5.69 Å². The maximum atomic E-state index is 10.9. The Kier molecular flexibility index (Phi) is 3.18. The van der Waals surface area contributed by atoms with Crippen molar-refractivity contribution in [3.8, 4) is 0 Å². The molecule has 23 heavy (non-hydrogen) atoms. The number of anilines is 1. The lowest BCUT2D eigenvalue weighted by Gasteiger charge is -2.37. The molecule has 1 N–H and O–H groups in total. The molecule has 2 aliphatic rings. The van der Waals surface area contributed by atoms with Gasteiger partial charge < -0.3 is 5.32 Å². The van der Waals surface area contributed by atoms with E-state index in [4.69, 9.17) is 0 Å². The molecule has 0 unspecified atom stereocenters. The highest BCUT2D eigenvalue weighted by Gasteiger charge is 2.37. The zero-order valence-corrected chi connectivity index (χ0v) is 12.9. The Morgan fingerprint density at radius 3 is 2.70 bits per heavy atom. The summed E-state index contributed by atoms with van der Waals surface area (Å²) in [4.78, 5) is 10.5. The fraction of sp³-hybridized carbons (Fsp3) is 0.263. The van der Waals surface area contributed by atoms with Crippen LogP contribution in [0.5, 0.6) is 0 Å². The van der Waals surface area contributed by atoms with Crippen LogP contribution in [0, 0.1) is 23.0 Å². The average Bonchev–Trinajstić information content (AvgIpc) is 3.03. The first-order valence-corrected chi connectivity index (χ1v) is 7.91. The van der Waals surface area contributed by atoms with Crippen LogP contribution in [0.25, 0.3) is 0 Å². The molecule has 1 aliphatic heterocycles. The highest BCUT2D eigenvalue weighted by atomic mass is 16.6. The largest absolute Gasteiger partial charge is 0.378 e. The fourth-order valence-electron chi connectivity index (χ4n) is 3.84. The van der Waals surface area contributed by atoms with Gasteiger partial charge in [0.05, 0.1) is 11.0 Å². The maximum Gasteiger partial charge on any atom is 0.269 e. The van der Waals surface area contributed by atoms with Crippen LogP contribution < -0.4 is 5.32 Å². The molecular formula is C19H18N2O2. The van der Waals surface area contributed by atoms with E-state index in [1.54, 1.807) is 12.1 Å². The third-order valence-electron chi connectivity index (χ3n) is 4.98. The molecule has 0 saturated heterocycles. The Balaban J connectivity index is 1.73. The first kappa shape index (κ1) is 14.0. The number of nitrogens with one attached hydrogen (secondary N) is 1. The molecule has 4 rings (SSSR count). The lowest BCUT2D eigenvalue weighted by molar-refractivity contribution is -0.384. The van der Waals surface area contributed by atoms with Crippen molar-refractivity contribution in [2.45, 2.75) is 25.3 Å². The van der Waals surface area contributed by atoms with Crippen molar-refractivity contribution < 1.29 is 4.92 Å². The van der Waals surface area contributed by atoms with E-state index in [2.05, 4.69) is 42.6 Å². The molecule has 1 heterocycles. The van der Waals surface area contributed by atoms with Gasteiger partial charge in [0.2, 0.25) is 0 Å². The number of aryl methyl sites for hydroxylation is 1. The zero-order valence-electron chi connectivity index (χ0n) is 12.9. The van der Waals surface area contributed by atoms with E-state index in [0.29, 0.717) is 11.8 Å². The number of rotatable bonds is 2. The van der Waals surface area contributed by atoms with Gasteiger partial charge in [-0.2, -0.15) is 0 Å². The standard InChI is InChI=1S/C19H18N2O2/c1-12-5-10-16-15-3-2-4-17(15)19(20-18(16)11-12)13-6-8-14(9-7-13)21(22)23/h2-3,5-11,15,17,19-20H,4H2,1H3/t15-,17-,19-/m1/s1. The van der Waals surface area contributed by atoms with Crippen LogP contribution >= 0.6 is 0 Å². The molecule has 1 aliphatic carbocycles. The molecule has 2 aromatic rings. The number of nitrogens with zero attached hydrogens (tertiary/aromatic N) is 1. The second kappa shape index (κ2) is 5.23. The fourth-order valence-corrected chi connectivity index (χ4v) is 3.84. The van der Waals surface area contributed by atoms with Crippen LogP contribution in [0.15, 0.2) is 54.6 Å². The molecule has 0 fully saturated rings. The molecule has 4 nitrogen and oxygen atoms in total. The summed E-state index contributed by atoms with van der Waals surface area (Å²) in [5.74, 6) is 0.888. The summed E-state index contributed by atoms with van der Waals surface area (Å²) in [5.41, 5.74) is 5.02. The Bertz CT molecular complexity index is 796. The molecule has 0 bridgehead atoms. The molecule has 0 amide bonds. The maximum absolute atomic E-state index is 10.9. The van der Waals surface area contributed by atoms with E-state index < -0.39 is 0 Å². The predicted octanol–water partition coefficient (Wildman–Crippen LogP) is 4.73. The van der Waals surface area contributed by atoms with Crippen LogP contribution in [-0.4, -0.2) is 4.92 Å².